The second-order valence-corrected chi connectivity index (χ2v) is 2.82. The molecule has 0 saturated heterocycles. The highest BCUT2D eigenvalue weighted by atomic mass is 16.5. The molecule has 0 fully saturated rings. The van der Waals surface area contributed by atoms with Gasteiger partial charge in [0, 0.05) is 18.3 Å². The van der Waals surface area contributed by atoms with E-state index < -0.39 is 5.91 Å². The molecule has 0 radical (unpaired) electrons. The van der Waals surface area contributed by atoms with E-state index in [2.05, 4.69) is 4.98 Å². The van der Waals surface area contributed by atoms with Gasteiger partial charge in [0.25, 0.3) is 0 Å². The number of methoxy groups -OCH3 is 1. The van der Waals surface area contributed by atoms with Crippen LogP contribution in [0.2, 0.25) is 0 Å². The molecule has 4 nitrogen and oxygen atoms in total. The van der Waals surface area contributed by atoms with Crippen LogP contribution in [0.15, 0.2) is 18.3 Å². The van der Waals surface area contributed by atoms with Gasteiger partial charge in [-0.25, -0.2) is 4.98 Å². The number of pyridine rings is 1. The van der Waals surface area contributed by atoms with E-state index in [9.17, 15) is 4.79 Å². The maximum atomic E-state index is 10.5. The Hall–Kier alpha value is -1.84. The fourth-order valence-corrected chi connectivity index (χ4v) is 0.999. The van der Waals surface area contributed by atoms with Crippen LogP contribution in [0.1, 0.15) is 11.1 Å². The summed E-state index contributed by atoms with van der Waals surface area (Å²) in [5, 5.41) is 0. The molecule has 74 valence electrons. The summed E-state index contributed by atoms with van der Waals surface area (Å²) < 4.78 is 4.95. The first-order valence-electron chi connectivity index (χ1n) is 4.11. The van der Waals surface area contributed by atoms with E-state index in [-0.39, 0.29) is 0 Å². The summed E-state index contributed by atoms with van der Waals surface area (Å²) in [6.07, 6.45) is 4.56. The lowest BCUT2D eigenvalue weighted by atomic mass is 10.1. The van der Waals surface area contributed by atoms with E-state index in [0.717, 1.165) is 11.1 Å². The van der Waals surface area contributed by atoms with Crippen molar-refractivity contribution in [2.45, 2.75) is 6.92 Å². The number of hydrogen-bond acceptors (Lipinski definition) is 3. The highest BCUT2D eigenvalue weighted by Crippen LogP contribution is 2.14. The zero-order valence-electron chi connectivity index (χ0n) is 8.15. The lowest BCUT2D eigenvalue weighted by Gasteiger charge is -2.02. The molecule has 0 atom stereocenters. The van der Waals surface area contributed by atoms with E-state index in [1.807, 2.05) is 6.92 Å². The van der Waals surface area contributed by atoms with Crippen LogP contribution in [0.25, 0.3) is 6.08 Å². The third-order valence-electron chi connectivity index (χ3n) is 1.76. The van der Waals surface area contributed by atoms with Crippen LogP contribution < -0.4 is 10.5 Å². The molecular formula is C10H12N2O2. The fourth-order valence-electron chi connectivity index (χ4n) is 0.999. The SMILES string of the molecule is COc1cc(C)c(C=CC(N)=O)cn1. The number of aromatic nitrogens is 1. The average Bonchev–Trinajstić information content (AvgIpc) is 2.15. The Kier molecular flexibility index (Phi) is 3.23. The Morgan fingerprint density at radius 3 is 2.86 bits per heavy atom. The van der Waals surface area contributed by atoms with E-state index in [1.54, 1.807) is 25.4 Å². The van der Waals surface area contributed by atoms with Gasteiger partial charge in [0.15, 0.2) is 0 Å². The first kappa shape index (κ1) is 10.2. The van der Waals surface area contributed by atoms with Crippen LogP contribution in [0.4, 0.5) is 0 Å². The third kappa shape index (κ3) is 2.58. The van der Waals surface area contributed by atoms with E-state index in [1.165, 1.54) is 6.08 Å². The van der Waals surface area contributed by atoms with Gasteiger partial charge in [-0.1, -0.05) is 0 Å². The lowest BCUT2D eigenvalue weighted by molar-refractivity contribution is -0.113. The standard InChI is InChI=1S/C10H12N2O2/c1-7-5-10(14-2)12-6-8(7)3-4-9(11)13/h3-6H,1-2H3,(H2,11,13). The van der Waals surface area contributed by atoms with Crippen molar-refractivity contribution in [3.05, 3.63) is 29.5 Å². The molecule has 0 aliphatic carbocycles. The Morgan fingerprint density at radius 1 is 1.64 bits per heavy atom. The van der Waals surface area contributed by atoms with Gasteiger partial charge in [-0.2, -0.15) is 0 Å². The van der Waals surface area contributed by atoms with Crippen molar-refractivity contribution in [1.29, 1.82) is 0 Å². The summed E-state index contributed by atoms with van der Waals surface area (Å²) in [7, 11) is 1.56. The molecule has 1 aromatic heterocycles. The van der Waals surface area contributed by atoms with Crippen molar-refractivity contribution >= 4 is 12.0 Å². The topological polar surface area (TPSA) is 65.2 Å². The van der Waals surface area contributed by atoms with Gasteiger partial charge >= 0.3 is 0 Å². The van der Waals surface area contributed by atoms with E-state index in [4.69, 9.17) is 10.5 Å². The molecule has 1 rings (SSSR count). The van der Waals surface area contributed by atoms with Crippen LogP contribution in [-0.2, 0) is 4.79 Å². The van der Waals surface area contributed by atoms with E-state index >= 15 is 0 Å². The van der Waals surface area contributed by atoms with Gasteiger partial charge in [0.1, 0.15) is 0 Å². The zero-order valence-corrected chi connectivity index (χ0v) is 8.15. The average molecular weight is 192 g/mol. The minimum absolute atomic E-state index is 0.472. The number of aryl methyl sites for hydroxylation is 1. The van der Waals surface area contributed by atoms with Gasteiger partial charge in [-0.15, -0.1) is 0 Å². The van der Waals surface area contributed by atoms with Crippen LogP contribution >= 0.6 is 0 Å². The Bertz CT molecular complexity index is 372. The molecule has 1 amide bonds. The predicted octanol–water partition coefficient (Wildman–Crippen LogP) is 0.897. The van der Waals surface area contributed by atoms with Crippen molar-refractivity contribution in [2.75, 3.05) is 7.11 Å². The molecule has 1 heterocycles. The molecule has 1 aromatic rings. The van der Waals surface area contributed by atoms with Gasteiger partial charge in [-0.05, 0) is 24.1 Å². The van der Waals surface area contributed by atoms with Crippen molar-refractivity contribution in [1.82, 2.24) is 4.98 Å². The number of primary amides is 1. The third-order valence-corrected chi connectivity index (χ3v) is 1.76. The number of nitrogens with two attached hydrogens (primary N) is 1. The van der Waals surface area contributed by atoms with Crippen LogP contribution in [0.3, 0.4) is 0 Å². The molecule has 0 unspecified atom stereocenters. The largest absolute Gasteiger partial charge is 0.481 e. The number of amides is 1. The lowest BCUT2D eigenvalue weighted by Crippen LogP contribution is -2.05. The van der Waals surface area contributed by atoms with Gasteiger partial charge in [-0.3, -0.25) is 4.79 Å². The van der Waals surface area contributed by atoms with E-state index in [0.29, 0.717) is 5.88 Å². The summed E-state index contributed by atoms with van der Waals surface area (Å²) in [5.74, 6) is 0.0824. The smallest absolute Gasteiger partial charge is 0.241 e. The summed E-state index contributed by atoms with van der Waals surface area (Å²) in [6.45, 7) is 1.91. The molecule has 0 bridgehead atoms. The van der Waals surface area contributed by atoms with Crippen molar-refractivity contribution in [3.63, 3.8) is 0 Å². The zero-order chi connectivity index (χ0) is 10.6. The van der Waals surface area contributed by atoms with Crippen LogP contribution in [-0.4, -0.2) is 18.0 Å². The molecule has 2 N–H and O–H groups in total. The molecule has 0 aliphatic heterocycles. The number of hydrogen-bond donors (Lipinski definition) is 1. The number of rotatable bonds is 3. The fraction of sp³-hybridized carbons (Fsp3) is 0.200. The minimum Gasteiger partial charge on any atom is -0.481 e. The van der Waals surface area contributed by atoms with Crippen molar-refractivity contribution in [3.8, 4) is 5.88 Å². The molecule has 14 heavy (non-hydrogen) atoms. The predicted molar refractivity (Wildman–Crippen MR) is 53.8 cm³/mol. The summed E-state index contributed by atoms with van der Waals surface area (Å²) in [5.41, 5.74) is 6.81. The van der Waals surface area contributed by atoms with Gasteiger partial charge < -0.3 is 10.5 Å². The van der Waals surface area contributed by atoms with Crippen LogP contribution in [0.5, 0.6) is 5.88 Å². The van der Waals surface area contributed by atoms with Gasteiger partial charge in [0.05, 0.1) is 7.11 Å². The van der Waals surface area contributed by atoms with Crippen molar-refractivity contribution in [2.24, 2.45) is 5.73 Å². The maximum absolute atomic E-state index is 10.5. The second-order valence-electron chi connectivity index (χ2n) is 2.82. The Balaban J connectivity index is 2.94. The molecule has 0 saturated carbocycles. The Morgan fingerprint density at radius 2 is 2.36 bits per heavy atom. The highest BCUT2D eigenvalue weighted by molar-refractivity contribution is 5.90. The monoisotopic (exact) mass is 192 g/mol. The number of ether oxygens (including phenoxy) is 1. The van der Waals surface area contributed by atoms with Gasteiger partial charge in [0.2, 0.25) is 11.8 Å². The number of carbonyl (C=O) groups excluding carboxylic acids is 1. The summed E-state index contributed by atoms with van der Waals surface area (Å²) >= 11 is 0. The Labute approximate surface area is 82.4 Å². The molecule has 4 heteroatoms. The molecule has 0 aliphatic rings. The first-order valence-corrected chi connectivity index (χ1v) is 4.11. The second kappa shape index (κ2) is 4.41. The first-order chi connectivity index (χ1) is 6.63. The maximum Gasteiger partial charge on any atom is 0.241 e. The molecule has 0 spiro atoms. The highest BCUT2D eigenvalue weighted by Gasteiger charge is 1.98. The molecule has 0 aromatic carbocycles. The number of nitrogens with zero attached hydrogens (tertiary/aromatic N) is 1. The summed E-state index contributed by atoms with van der Waals surface area (Å²) in [6, 6.07) is 1.79. The normalized spacial score (nSPS) is 10.4. The van der Waals surface area contributed by atoms with Crippen LogP contribution in [0, 0.1) is 6.92 Å². The van der Waals surface area contributed by atoms with Crippen molar-refractivity contribution < 1.29 is 9.53 Å². The number of carbonyl (C=O) groups is 1. The quantitative estimate of drug-likeness (QED) is 0.723. The minimum atomic E-state index is -0.472. The summed E-state index contributed by atoms with van der Waals surface area (Å²) in [4.78, 5) is 14.5. The molecular weight excluding hydrogens is 180 g/mol.